The average Bonchev–Trinajstić information content (AvgIpc) is 3.60. The number of aryl methyl sites for hydroxylation is 1. The highest BCUT2D eigenvalue weighted by atomic mass is 19.4. The molecule has 2 aromatic heterocycles. The number of rotatable bonds is 4. The van der Waals surface area contributed by atoms with E-state index in [1.165, 1.54) is 16.7 Å². The lowest BCUT2D eigenvalue weighted by molar-refractivity contribution is -0.193. The van der Waals surface area contributed by atoms with Crippen molar-refractivity contribution in [3.8, 4) is 0 Å². The van der Waals surface area contributed by atoms with E-state index in [1.54, 1.807) is 12.3 Å². The first-order valence-electron chi connectivity index (χ1n) is 12.3. The van der Waals surface area contributed by atoms with Crippen molar-refractivity contribution in [1.82, 2.24) is 15.2 Å². The molecule has 1 fully saturated rings. The molecule has 15 heteroatoms. The van der Waals surface area contributed by atoms with Gasteiger partial charge in [0.1, 0.15) is 5.76 Å². The quantitative estimate of drug-likeness (QED) is 0.358. The number of fused-ring (bicyclic) bond motifs is 3. The van der Waals surface area contributed by atoms with Gasteiger partial charge in [0, 0.05) is 43.9 Å². The molecular weight excluding hydrogens is 576 g/mol. The third kappa shape index (κ3) is 8.31. The van der Waals surface area contributed by atoms with Crippen LogP contribution in [0.25, 0.3) is 0 Å². The third-order valence-electron chi connectivity index (χ3n) is 6.46. The Morgan fingerprint density at radius 2 is 1.52 bits per heavy atom. The van der Waals surface area contributed by atoms with E-state index in [4.69, 9.17) is 24.2 Å². The number of likely N-dealkylation sites (tertiary alicyclic amines) is 1. The number of nitrogens with one attached hydrogen (secondary N) is 1. The largest absolute Gasteiger partial charge is 0.490 e. The summed E-state index contributed by atoms with van der Waals surface area (Å²) in [4.78, 5) is 37.3. The molecule has 42 heavy (non-hydrogen) atoms. The van der Waals surface area contributed by atoms with Crippen molar-refractivity contribution < 1.29 is 55.4 Å². The van der Waals surface area contributed by atoms with Gasteiger partial charge in [-0.25, -0.2) is 9.59 Å². The van der Waals surface area contributed by atoms with Gasteiger partial charge in [-0.3, -0.25) is 14.7 Å². The van der Waals surface area contributed by atoms with Crippen LogP contribution in [0.15, 0.2) is 65.3 Å². The molecule has 2 aliphatic rings. The van der Waals surface area contributed by atoms with Crippen molar-refractivity contribution in [2.75, 3.05) is 13.1 Å². The molecule has 1 aliphatic heterocycles. The van der Waals surface area contributed by atoms with Crippen LogP contribution >= 0.6 is 0 Å². The Morgan fingerprint density at radius 1 is 0.929 bits per heavy atom. The van der Waals surface area contributed by atoms with Gasteiger partial charge < -0.3 is 19.9 Å². The van der Waals surface area contributed by atoms with E-state index in [9.17, 15) is 31.1 Å². The number of aromatic nitrogens is 1. The van der Waals surface area contributed by atoms with Crippen molar-refractivity contribution in [2.24, 2.45) is 5.92 Å². The van der Waals surface area contributed by atoms with Gasteiger partial charge in [0.05, 0.1) is 6.04 Å². The lowest BCUT2D eigenvalue weighted by Gasteiger charge is -2.22. The van der Waals surface area contributed by atoms with E-state index in [1.807, 2.05) is 25.3 Å². The summed E-state index contributed by atoms with van der Waals surface area (Å²) in [6, 6.07) is 16.2. The number of hydrogen-bond donors (Lipinski definition) is 3. The van der Waals surface area contributed by atoms with E-state index in [0.29, 0.717) is 17.6 Å². The lowest BCUT2D eigenvalue weighted by Crippen LogP contribution is -2.33. The van der Waals surface area contributed by atoms with Crippen molar-refractivity contribution in [3.05, 3.63) is 89.1 Å². The summed E-state index contributed by atoms with van der Waals surface area (Å²) < 4.78 is 69.0. The molecule has 3 heterocycles. The number of halogens is 6. The van der Waals surface area contributed by atoms with Crippen molar-refractivity contribution in [3.63, 3.8) is 0 Å². The molecule has 1 aliphatic carbocycles. The van der Waals surface area contributed by atoms with Crippen LogP contribution in [0.5, 0.6) is 0 Å². The van der Waals surface area contributed by atoms with Gasteiger partial charge in [-0.2, -0.15) is 26.3 Å². The van der Waals surface area contributed by atoms with Crippen LogP contribution in [-0.2, 0) is 16.1 Å². The SMILES string of the molecule is Cc1ccc(C(=O)N[C@@H]2c3ccccc3[C@@H]3CN(Cc4cccnc4)C[C@H]23)o1.O=C(O)C(F)(F)F.O=C(O)C(F)(F)F. The molecule has 1 amide bonds. The maximum absolute atomic E-state index is 12.8. The van der Waals surface area contributed by atoms with Crippen LogP contribution in [0.1, 0.15) is 45.0 Å². The van der Waals surface area contributed by atoms with Crippen LogP contribution < -0.4 is 5.32 Å². The molecule has 1 saturated heterocycles. The second-order valence-corrected chi connectivity index (χ2v) is 9.42. The second-order valence-electron chi connectivity index (χ2n) is 9.42. The van der Waals surface area contributed by atoms with E-state index in [2.05, 4.69) is 45.5 Å². The molecule has 0 unspecified atom stereocenters. The van der Waals surface area contributed by atoms with E-state index in [0.717, 1.165) is 25.4 Å². The molecule has 0 spiro atoms. The number of carbonyl (C=O) groups is 3. The third-order valence-corrected chi connectivity index (χ3v) is 6.46. The average molecular weight is 602 g/mol. The Bertz CT molecular complexity index is 1370. The van der Waals surface area contributed by atoms with Crippen molar-refractivity contribution in [1.29, 1.82) is 0 Å². The van der Waals surface area contributed by atoms with Gasteiger partial charge >= 0.3 is 24.3 Å². The number of benzene rings is 1. The summed E-state index contributed by atoms with van der Waals surface area (Å²) in [6.07, 6.45) is -6.43. The Balaban J connectivity index is 0.000000289. The van der Waals surface area contributed by atoms with Gasteiger partial charge in [-0.05, 0) is 41.8 Å². The minimum absolute atomic E-state index is 0.0120. The van der Waals surface area contributed by atoms with Crippen LogP contribution in [-0.4, -0.2) is 63.4 Å². The normalized spacial score (nSPS) is 19.4. The van der Waals surface area contributed by atoms with Gasteiger partial charge in [-0.1, -0.05) is 30.3 Å². The maximum Gasteiger partial charge on any atom is 0.490 e. The standard InChI is InChI=1S/C23H23N3O2.2C2HF3O2/c1-15-8-9-21(28-15)23(27)25-22-18-7-3-2-6-17(18)19-13-26(14-20(19)22)12-16-5-4-10-24-11-16;2*3-2(4,5)1(6)7/h2-11,19-20,22H,12-14H2,1H3,(H,25,27);2*(H,6,7)/t19-,20-,22+;;/m0../s1. The molecule has 5 rings (SSSR count). The van der Waals surface area contributed by atoms with Crippen LogP contribution in [0, 0.1) is 12.8 Å². The van der Waals surface area contributed by atoms with Gasteiger partial charge in [0.25, 0.3) is 5.91 Å². The van der Waals surface area contributed by atoms with Crippen LogP contribution in [0.4, 0.5) is 26.3 Å². The van der Waals surface area contributed by atoms with Gasteiger partial charge in [-0.15, -0.1) is 0 Å². The predicted molar refractivity (Wildman–Crippen MR) is 133 cm³/mol. The second kappa shape index (κ2) is 13.1. The number of pyridine rings is 1. The molecule has 0 bridgehead atoms. The minimum Gasteiger partial charge on any atom is -0.475 e. The number of carboxylic acid groups (broad SMARTS) is 2. The molecular formula is C27H25F6N3O6. The molecule has 226 valence electrons. The number of hydrogen-bond acceptors (Lipinski definition) is 6. The highest BCUT2D eigenvalue weighted by molar-refractivity contribution is 5.92. The first kappa shape index (κ1) is 32.1. The molecule has 0 radical (unpaired) electrons. The van der Waals surface area contributed by atoms with Crippen LogP contribution in [0.3, 0.4) is 0 Å². The van der Waals surface area contributed by atoms with Gasteiger partial charge in [0.2, 0.25) is 0 Å². The van der Waals surface area contributed by atoms with Crippen LogP contribution in [0.2, 0.25) is 0 Å². The Hall–Kier alpha value is -4.40. The first-order valence-corrected chi connectivity index (χ1v) is 12.3. The molecule has 9 nitrogen and oxygen atoms in total. The summed E-state index contributed by atoms with van der Waals surface area (Å²) >= 11 is 0. The first-order chi connectivity index (χ1) is 19.6. The maximum atomic E-state index is 12.8. The number of aliphatic carboxylic acids is 2. The minimum atomic E-state index is -5.08. The number of furan rings is 1. The summed E-state index contributed by atoms with van der Waals surface area (Å²) in [6.45, 7) is 4.70. The molecule has 3 atom stereocenters. The summed E-state index contributed by atoms with van der Waals surface area (Å²) in [5, 5.41) is 17.5. The summed E-state index contributed by atoms with van der Waals surface area (Å²) in [5.74, 6) is -3.72. The zero-order valence-corrected chi connectivity index (χ0v) is 21.8. The zero-order valence-electron chi connectivity index (χ0n) is 21.8. The topological polar surface area (TPSA) is 133 Å². The number of alkyl halides is 6. The summed E-state index contributed by atoms with van der Waals surface area (Å²) in [5.41, 5.74) is 3.83. The van der Waals surface area contributed by atoms with Crippen molar-refractivity contribution >= 4 is 17.8 Å². The zero-order chi connectivity index (χ0) is 31.2. The van der Waals surface area contributed by atoms with E-state index >= 15 is 0 Å². The lowest BCUT2D eigenvalue weighted by atomic mass is 9.94. The Morgan fingerprint density at radius 3 is 2.02 bits per heavy atom. The molecule has 3 N–H and O–H groups in total. The fourth-order valence-corrected chi connectivity index (χ4v) is 4.78. The predicted octanol–water partition coefficient (Wildman–Crippen LogP) is 4.95. The molecule has 3 aromatic rings. The Labute approximate surface area is 234 Å². The fraction of sp³-hybridized carbons (Fsp3) is 0.333. The smallest absolute Gasteiger partial charge is 0.475 e. The van der Waals surface area contributed by atoms with E-state index < -0.39 is 24.3 Å². The number of amides is 1. The number of carbonyl (C=O) groups excluding carboxylic acids is 1. The van der Waals surface area contributed by atoms with Gasteiger partial charge in [0.15, 0.2) is 5.76 Å². The fourth-order valence-electron chi connectivity index (χ4n) is 4.78. The molecule has 1 aromatic carbocycles. The number of nitrogens with zero attached hydrogens (tertiary/aromatic N) is 2. The Kier molecular flexibility index (Phi) is 9.99. The highest BCUT2D eigenvalue weighted by Gasteiger charge is 2.46. The summed E-state index contributed by atoms with van der Waals surface area (Å²) in [7, 11) is 0. The van der Waals surface area contributed by atoms with Crippen molar-refractivity contribution in [2.45, 2.75) is 37.8 Å². The number of carboxylic acids is 2. The monoisotopic (exact) mass is 601 g/mol. The molecule has 0 saturated carbocycles. The highest BCUT2D eigenvalue weighted by Crippen LogP contribution is 2.49. The van der Waals surface area contributed by atoms with E-state index in [-0.39, 0.29) is 11.9 Å².